The molecule has 1 aromatic carbocycles. The molecule has 2 rings (SSSR count). The van der Waals surface area contributed by atoms with E-state index in [0.717, 1.165) is 6.07 Å². The van der Waals surface area contributed by atoms with E-state index in [-0.39, 0.29) is 22.6 Å². The summed E-state index contributed by atoms with van der Waals surface area (Å²) in [6, 6.07) is 8.69. The van der Waals surface area contributed by atoms with E-state index in [9.17, 15) is 19.7 Å². The zero-order valence-corrected chi connectivity index (χ0v) is 12.1. The highest BCUT2D eigenvalue weighted by Crippen LogP contribution is 2.24. The summed E-state index contributed by atoms with van der Waals surface area (Å²) >= 11 is 0. The van der Waals surface area contributed by atoms with Gasteiger partial charge in [-0.1, -0.05) is 6.07 Å². The largest absolute Gasteiger partial charge is 0.383 e. The van der Waals surface area contributed by atoms with Gasteiger partial charge in [-0.05, 0) is 24.3 Å². The van der Waals surface area contributed by atoms with Crippen LogP contribution in [0.25, 0.3) is 0 Å². The Kier molecular flexibility index (Phi) is 4.82. The van der Waals surface area contributed by atoms with E-state index in [1.165, 1.54) is 31.4 Å². The van der Waals surface area contributed by atoms with Crippen LogP contribution in [-0.2, 0) is 0 Å². The number of hydrogen-bond donors (Lipinski definition) is 3. The normalized spacial score (nSPS) is 9.78. The number of nitrogens with zero attached hydrogens (tertiary/aromatic N) is 2. The highest BCUT2D eigenvalue weighted by molar-refractivity contribution is 5.99. The summed E-state index contributed by atoms with van der Waals surface area (Å²) in [4.78, 5) is 37.9. The monoisotopic (exact) mass is 315 g/mol. The lowest BCUT2D eigenvalue weighted by Gasteiger charge is -2.08. The molecular formula is C14H13N5O4. The fourth-order valence-corrected chi connectivity index (χ4v) is 1.78. The second-order valence-corrected chi connectivity index (χ2v) is 4.36. The Morgan fingerprint density at radius 3 is 2.48 bits per heavy atom. The molecule has 9 nitrogen and oxygen atoms in total. The lowest BCUT2D eigenvalue weighted by atomic mass is 10.1. The van der Waals surface area contributed by atoms with Crippen molar-refractivity contribution in [3.8, 4) is 0 Å². The van der Waals surface area contributed by atoms with Crippen molar-refractivity contribution in [2.75, 3.05) is 12.4 Å². The van der Waals surface area contributed by atoms with Crippen LogP contribution in [0, 0.1) is 10.1 Å². The van der Waals surface area contributed by atoms with Crippen LogP contribution in [0.15, 0.2) is 42.6 Å². The lowest BCUT2D eigenvalue weighted by molar-refractivity contribution is -0.384. The molecule has 1 aromatic heterocycles. The zero-order valence-electron chi connectivity index (χ0n) is 12.1. The van der Waals surface area contributed by atoms with Crippen LogP contribution in [-0.4, -0.2) is 28.8 Å². The Bertz CT molecular complexity index is 748. The molecule has 0 unspecified atom stereocenters. The van der Waals surface area contributed by atoms with Gasteiger partial charge in [0.15, 0.2) is 0 Å². The SMILES string of the molecule is CNc1ccc(C(=O)NNC(=O)c2ccccn2)cc1[N+](=O)[O-]. The number of pyridine rings is 1. The van der Waals surface area contributed by atoms with Crippen LogP contribution in [0.5, 0.6) is 0 Å². The van der Waals surface area contributed by atoms with Crippen LogP contribution in [0.4, 0.5) is 11.4 Å². The number of anilines is 1. The Hall–Kier alpha value is -3.49. The third-order valence-electron chi connectivity index (χ3n) is 2.91. The average molecular weight is 315 g/mol. The summed E-state index contributed by atoms with van der Waals surface area (Å²) in [5.41, 5.74) is 4.58. The molecule has 0 atom stereocenters. The molecule has 0 saturated heterocycles. The van der Waals surface area contributed by atoms with Crippen LogP contribution >= 0.6 is 0 Å². The molecule has 23 heavy (non-hydrogen) atoms. The van der Waals surface area contributed by atoms with Gasteiger partial charge in [0, 0.05) is 24.9 Å². The van der Waals surface area contributed by atoms with Crippen molar-refractivity contribution in [1.82, 2.24) is 15.8 Å². The van der Waals surface area contributed by atoms with E-state index in [2.05, 4.69) is 21.2 Å². The Labute approximate surface area is 130 Å². The minimum absolute atomic E-state index is 0.0389. The maximum atomic E-state index is 12.0. The van der Waals surface area contributed by atoms with Gasteiger partial charge in [0.25, 0.3) is 17.5 Å². The smallest absolute Gasteiger partial charge is 0.293 e. The molecule has 0 fully saturated rings. The number of amides is 2. The number of nitrogens with one attached hydrogen (secondary N) is 3. The summed E-state index contributed by atoms with van der Waals surface area (Å²) in [5, 5.41) is 13.6. The molecule has 0 spiro atoms. The number of carbonyl (C=O) groups is 2. The van der Waals surface area contributed by atoms with Crippen molar-refractivity contribution < 1.29 is 14.5 Å². The van der Waals surface area contributed by atoms with E-state index in [4.69, 9.17) is 0 Å². The van der Waals surface area contributed by atoms with Gasteiger partial charge in [-0.2, -0.15) is 0 Å². The van der Waals surface area contributed by atoms with Crippen molar-refractivity contribution in [2.45, 2.75) is 0 Å². The number of aromatic nitrogens is 1. The number of nitro benzene ring substituents is 1. The molecule has 2 aromatic rings. The van der Waals surface area contributed by atoms with Crippen LogP contribution in [0.2, 0.25) is 0 Å². The molecule has 9 heteroatoms. The summed E-state index contributed by atoms with van der Waals surface area (Å²) in [6.07, 6.45) is 1.44. The van der Waals surface area contributed by atoms with E-state index in [0.29, 0.717) is 0 Å². The number of carbonyl (C=O) groups excluding carboxylic acids is 2. The number of rotatable bonds is 4. The highest BCUT2D eigenvalue weighted by atomic mass is 16.6. The van der Waals surface area contributed by atoms with E-state index >= 15 is 0 Å². The molecule has 3 N–H and O–H groups in total. The predicted molar refractivity (Wildman–Crippen MR) is 81.8 cm³/mol. The minimum atomic E-state index is -0.681. The highest BCUT2D eigenvalue weighted by Gasteiger charge is 2.17. The first-order valence-electron chi connectivity index (χ1n) is 6.51. The van der Waals surface area contributed by atoms with Crippen LogP contribution in [0.3, 0.4) is 0 Å². The minimum Gasteiger partial charge on any atom is -0.383 e. The summed E-state index contributed by atoms with van der Waals surface area (Å²) in [6.45, 7) is 0. The molecule has 0 aliphatic carbocycles. The van der Waals surface area contributed by atoms with Gasteiger partial charge < -0.3 is 5.32 Å². The van der Waals surface area contributed by atoms with Gasteiger partial charge in [-0.15, -0.1) is 0 Å². The van der Waals surface area contributed by atoms with Gasteiger partial charge in [-0.3, -0.25) is 35.5 Å². The summed E-state index contributed by atoms with van der Waals surface area (Å²) in [7, 11) is 1.54. The fourth-order valence-electron chi connectivity index (χ4n) is 1.78. The van der Waals surface area contributed by atoms with Crippen LogP contribution in [0.1, 0.15) is 20.8 Å². The van der Waals surface area contributed by atoms with E-state index < -0.39 is 16.7 Å². The quantitative estimate of drug-likeness (QED) is 0.573. The van der Waals surface area contributed by atoms with E-state index in [1.807, 2.05) is 0 Å². The number of hydrazine groups is 1. The molecular weight excluding hydrogens is 302 g/mol. The standard InChI is InChI=1S/C14H13N5O4/c1-15-10-6-5-9(8-12(10)19(22)23)13(20)17-18-14(21)11-4-2-3-7-16-11/h2-8,15H,1H3,(H,17,20)(H,18,21). The third-order valence-corrected chi connectivity index (χ3v) is 2.91. The lowest BCUT2D eigenvalue weighted by Crippen LogP contribution is -2.41. The molecule has 0 radical (unpaired) electrons. The molecule has 1 heterocycles. The topological polar surface area (TPSA) is 126 Å². The summed E-state index contributed by atoms with van der Waals surface area (Å²) in [5.74, 6) is -1.28. The van der Waals surface area contributed by atoms with Crippen molar-refractivity contribution >= 4 is 23.2 Å². The third kappa shape index (κ3) is 3.79. The van der Waals surface area contributed by atoms with Gasteiger partial charge in [-0.25, -0.2) is 0 Å². The fraction of sp³-hybridized carbons (Fsp3) is 0.0714. The van der Waals surface area contributed by atoms with Gasteiger partial charge in [0.05, 0.1) is 4.92 Å². The van der Waals surface area contributed by atoms with Crippen LogP contribution < -0.4 is 16.2 Å². The average Bonchev–Trinajstić information content (AvgIpc) is 2.59. The zero-order chi connectivity index (χ0) is 16.8. The first-order chi connectivity index (χ1) is 11.0. The predicted octanol–water partition coefficient (Wildman–Crippen LogP) is 1.11. The second kappa shape index (κ2) is 6.98. The first kappa shape index (κ1) is 15.9. The number of nitro groups is 1. The maximum absolute atomic E-state index is 12.0. The molecule has 0 bridgehead atoms. The molecule has 2 amide bonds. The summed E-state index contributed by atoms with van der Waals surface area (Å²) < 4.78 is 0. The van der Waals surface area contributed by atoms with Gasteiger partial charge in [0.1, 0.15) is 11.4 Å². The van der Waals surface area contributed by atoms with Crippen molar-refractivity contribution in [3.63, 3.8) is 0 Å². The first-order valence-corrected chi connectivity index (χ1v) is 6.51. The van der Waals surface area contributed by atoms with Crippen molar-refractivity contribution in [2.24, 2.45) is 0 Å². The maximum Gasteiger partial charge on any atom is 0.293 e. The van der Waals surface area contributed by atoms with E-state index in [1.54, 1.807) is 12.1 Å². The molecule has 0 saturated carbocycles. The Morgan fingerprint density at radius 2 is 1.87 bits per heavy atom. The van der Waals surface area contributed by atoms with Gasteiger partial charge >= 0.3 is 0 Å². The molecule has 118 valence electrons. The number of hydrogen-bond acceptors (Lipinski definition) is 6. The van der Waals surface area contributed by atoms with Crippen molar-refractivity contribution in [1.29, 1.82) is 0 Å². The van der Waals surface area contributed by atoms with Gasteiger partial charge in [0.2, 0.25) is 0 Å². The van der Waals surface area contributed by atoms with Crippen molar-refractivity contribution in [3.05, 3.63) is 64.0 Å². The Balaban J connectivity index is 2.08. The number of benzene rings is 1. The Morgan fingerprint density at radius 1 is 1.13 bits per heavy atom. The molecule has 0 aliphatic heterocycles. The second-order valence-electron chi connectivity index (χ2n) is 4.36. The molecule has 0 aliphatic rings.